The number of benzene rings is 2. The first-order valence-corrected chi connectivity index (χ1v) is 9.85. The van der Waals surface area contributed by atoms with E-state index in [1.54, 1.807) is 12.1 Å². The number of nitrogens with one attached hydrogen (secondary N) is 2. The molecule has 0 aliphatic carbocycles. The number of halogens is 2. The zero-order valence-electron chi connectivity index (χ0n) is 14.2. The zero-order chi connectivity index (χ0) is 20.0. The Morgan fingerprint density at radius 3 is 2.30 bits per heavy atom. The zero-order valence-corrected chi connectivity index (χ0v) is 16.5. The van der Waals surface area contributed by atoms with Gasteiger partial charge in [0.25, 0.3) is 10.0 Å². The van der Waals surface area contributed by atoms with E-state index >= 15 is 0 Å². The monoisotopic (exact) mass is 430 g/mol. The van der Waals surface area contributed by atoms with Crippen molar-refractivity contribution in [3.8, 4) is 0 Å². The van der Waals surface area contributed by atoms with Crippen molar-refractivity contribution < 1.29 is 22.7 Å². The van der Waals surface area contributed by atoms with E-state index in [1.165, 1.54) is 37.4 Å². The molecule has 2 aromatic rings. The van der Waals surface area contributed by atoms with Crippen molar-refractivity contribution in [2.75, 3.05) is 18.4 Å². The summed E-state index contributed by atoms with van der Waals surface area (Å²) in [5, 5.41) is 2.81. The minimum Gasteiger partial charge on any atom is -0.468 e. The predicted octanol–water partition coefficient (Wildman–Crippen LogP) is 2.63. The van der Waals surface area contributed by atoms with Crippen LogP contribution >= 0.6 is 23.2 Å². The molecule has 0 aromatic heterocycles. The first kappa shape index (κ1) is 21.0. The third kappa shape index (κ3) is 6.13. The van der Waals surface area contributed by atoms with Crippen molar-refractivity contribution in [2.45, 2.75) is 11.3 Å². The maximum absolute atomic E-state index is 12.4. The van der Waals surface area contributed by atoms with Crippen LogP contribution in [0.15, 0.2) is 47.4 Å². The largest absolute Gasteiger partial charge is 0.468 e. The van der Waals surface area contributed by atoms with E-state index in [2.05, 4.69) is 14.8 Å². The number of hydrogen-bond donors (Lipinski definition) is 2. The molecule has 7 nitrogen and oxygen atoms in total. The SMILES string of the molecule is COC(=O)CNC(=O)Cc1ccc(NS(=O)(=O)c2ccc(Cl)c(Cl)c2)cc1. The van der Waals surface area contributed by atoms with Gasteiger partial charge in [0.2, 0.25) is 5.91 Å². The van der Waals surface area contributed by atoms with Crippen molar-refractivity contribution in [1.82, 2.24) is 5.32 Å². The molecule has 2 N–H and O–H groups in total. The third-order valence-corrected chi connectivity index (χ3v) is 5.55. The molecule has 0 aliphatic heterocycles. The maximum Gasteiger partial charge on any atom is 0.325 e. The highest BCUT2D eigenvalue weighted by molar-refractivity contribution is 7.92. The Labute approximate surface area is 166 Å². The highest BCUT2D eigenvalue weighted by atomic mass is 35.5. The van der Waals surface area contributed by atoms with Gasteiger partial charge in [0.05, 0.1) is 28.5 Å². The molecule has 144 valence electrons. The fourth-order valence-electron chi connectivity index (χ4n) is 2.04. The summed E-state index contributed by atoms with van der Waals surface area (Å²) in [7, 11) is -2.60. The van der Waals surface area contributed by atoms with Gasteiger partial charge in [-0.1, -0.05) is 35.3 Å². The average molecular weight is 431 g/mol. The second-order valence-electron chi connectivity index (χ2n) is 5.41. The van der Waals surface area contributed by atoms with Crippen LogP contribution in [-0.4, -0.2) is 33.9 Å². The Morgan fingerprint density at radius 2 is 1.70 bits per heavy atom. The van der Waals surface area contributed by atoms with Gasteiger partial charge < -0.3 is 10.1 Å². The topological polar surface area (TPSA) is 102 Å². The third-order valence-electron chi connectivity index (χ3n) is 3.43. The fraction of sp³-hybridized carbons (Fsp3) is 0.176. The molecule has 0 saturated heterocycles. The first-order valence-electron chi connectivity index (χ1n) is 7.61. The smallest absolute Gasteiger partial charge is 0.325 e. The Balaban J connectivity index is 2.01. The van der Waals surface area contributed by atoms with E-state index in [4.69, 9.17) is 23.2 Å². The summed E-state index contributed by atoms with van der Waals surface area (Å²) in [4.78, 5) is 22.7. The molecule has 0 radical (unpaired) electrons. The molecule has 2 rings (SSSR count). The molecule has 0 atom stereocenters. The lowest BCUT2D eigenvalue weighted by atomic mass is 10.1. The van der Waals surface area contributed by atoms with Gasteiger partial charge in [-0.25, -0.2) is 8.42 Å². The molecule has 2 aromatic carbocycles. The van der Waals surface area contributed by atoms with Crippen LogP contribution in [0.5, 0.6) is 0 Å². The van der Waals surface area contributed by atoms with Gasteiger partial charge in [0, 0.05) is 5.69 Å². The molecular weight excluding hydrogens is 415 g/mol. The molecule has 27 heavy (non-hydrogen) atoms. The van der Waals surface area contributed by atoms with Gasteiger partial charge in [0.15, 0.2) is 0 Å². The Morgan fingerprint density at radius 1 is 1.04 bits per heavy atom. The molecule has 0 fully saturated rings. The van der Waals surface area contributed by atoms with Gasteiger partial charge in [-0.15, -0.1) is 0 Å². The van der Waals surface area contributed by atoms with E-state index in [0.717, 1.165) is 0 Å². The minimum absolute atomic E-state index is 0.0248. The van der Waals surface area contributed by atoms with Crippen LogP contribution in [0.1, 0.15) is 5.56 Å². The number of rotatable bonds is 7. The number of amides is 1. The number of anilines is 1. The van der Waals surface area contributed by atoms with Crippen LogP contribution in [0.3, 0.4) is 0 Å². The lowest BCUT2D eigenvalue weighted by Gasteiger charge is -2.10. The van der Waals surface area contributed by atoms with Gasteiger partial charge in [0.1, 0.15) is 6.54 Å². The lowest BCUT2D eigenvalue weighted by Crippen LogP contribution is -2.31. The molecule has 0 unspecified atom stereocenters. The van der Waals surface area contributed by atoms with Crippen molar-refractivity contribution in [3.05, 3.63) is 58.1 Å². The number of sulfonamides is 1. The van der Waals surface area contributed by atoms with Crippen LogP contribution in [0.4, 0.5) is 5.69 Å². The first-order chi connectivity index (χ1) is 12.7. The fourth-order valence-corrected chi connectivity index (χ4v) is 3.49. The summed E-state index contributed by atoms with van der Waals surface area (Å²) < 4.78 is 31.6. The van der Waals surface area contributed by atoms with E-state index in [1.807, 2.05) is 0 Å². The molecule has 10 heteroatoms. The Hall–Kier alpha value is -2.29. The van der Waals surface area contributed by atoms with E-state index in [-0.39, 0.29) is 33.8 Å². The van der Waals surface area contributed by atoms with Crippen LogP contribution in [0, 0.1) is 0 Å². The second kappa shape index (κ2) is 9.07. The molecule has 0 saturated carbocycles. The predicted molar refractivity (Wildman–Crippen MR) is 102 cm³/mol. The van der Waals surface area contributed by atoms with Crippen LogP contribution in [-0.2, 0) is 30.8 Å². The van der Waals surface area contributed by atoms with Gasteiger partial charge in [-0.05, 0) is 35.9 Å². The average Bonchev–Trinajstić information content (AvgIpc) is 2.63. The summed E-state index contributed by atoms with van der Waals surface area (Å²) >= 11 is 11.6. The summed E-state index contributed by atoms with van der Waals surface area (Å²) in [6, 6.07) is 10.3. The quantitative estimate of drug-likeness (QED) is 0.657. The summed E-state index contributed by atoms with van der Waals surface area (Å²) in [6.07, 6.45) is 0.0385. The highest BCUT2D eigenvalue weighted by Gasteiger charge is 2.16. The highest BCUT2D eigenvalue weighted by Crippen LogP contribution is 2.26. The second-order valence-corrected chi connectivity index (χ2v) is 7.90. The summed E-state index contributed by atoms with van der Waals surface area (Å²) in [5.74, 6) is -0.903. The molecule has 1 amide bonds. The van der Waals surface area contributed by atoms with Crippen molar-refractivity contribution in [2.24, 2.45) is 0 Å². The van der Waals surface area contributed by atoms with Crippen LogP contribution in [0.2, 0.25) is 10.0 Å². The van der Waals surface area contributed by atoms with Gasteiger partial charge >= 0.3 is 5.97 Å². The van der Waals surface area contributed by atoms with E-state index < -0.39 is 16.0 Å². The number of carbonyl (C=O) groups excluding carboxylic acids is 2. The van der Waals surface area contributed by atoms with E-state index in [0.29, 0.717) is 11.3 Å². The Kier molecular flexibility index (Phi) is 7.06. The molecule has 0 spiro atoms. The number of carbonyl (C=O) groups is 2. The van der Waals surface area contributed by atoms with Crippen molar-refractivity contribution in [1.29, 1.82) is 0 Å². The van der Waals surface area contributed by atoms with Crippen molar-refractivity contribution >= 4 is 50.8 Å². The molecule has 0 bridgehead atoms. The Bertz CT molecular complexity index is 946. The maximum atomic E-state index is 12.4. The summed E-state index contributed by atoms with van der Waals surface area (Å²) in [5.41, 5.74) is 0.967. The van der Waals surface area contributed by atoms with Crippen LogP contribution < -0.4 is 10.0 Å². The van der Waals surface area contributed by atoms with Gasteiger partial charge in [-0.3, -0.25) is 14.3 Å². The molecule has 0 aliphatic rings. The summed E-state index contributed by atoms with van der Waals surface area (Å²) in [6.45, 7) is -0.211. The minimum atomic E-state index is -3.83. The molecule has 0 heterocycles. The number of hydrogen-bond acceptors (Lipinski definition) is 5. The normalized spacial score (nSPS) is 10.9. The number of ether oxygens (including phenoxy) is 1. The number of methoxy groups -OCH3 is 1. The van der Waals surface area contributed by atoms with Gasteiger partial charge in [-0.2, -0.15) is 0 Å². The number of esters is 1. The molecular formula is C17H16Cl2N2O5S. The van der Waals surface area contributed by atoms with Crippen LogP contribution in [0.25, 0.3) is 0 Å². The lowest BCUT2D eigenvalue weighted by molar-refractivity contribution is -0.141. The standard InChI is InChI=1S/C17H16Cl2N2O5S/c1-26-17(23)10-20-16(22)8-11-2-4-12(5-3-11)21-27(24,25)13-6-7-14(18)15(19)9-13/h2-7,9,21H,8,10H2,1H3,(H,20,22). The van der Waals surface area contributed by atoms with E-state index in [9.17, 15) is 18.0 Å². The van der Waals surface area contributed by atoms with Crippen molar-refractivity contribution in [3.63, 3.8) is 0 Å².